The third-order valence-electron chi connectivity index (χ3n) is 2.14. The summed E-state index contributed by atoms with van der Waals surface area (Å²) in [6.45, 7) is 0. The topological polar surface area (TPSA) is 18.5 Å². The van der Waals surface area contributed by atoms with Gasteiger partial charge in [-0.15, -0.1) is 11.6 Å². The maximum atomic E-state index is 6.12. The minimum Gasteiger partial charge on any atom is -0.495 e. The zero-order valence-electron chi connectivity index (χ0n) is 9.85. The third kappa shape index (κ3) is 3.73. The van der Waals surface area contributed by atoms with Crippen molar-refractivity contribution in [2.24, 2.45) is 0 Å². The molecule has 0 radical (unpaired) electrons. The number of rotatable bonds is 4. The Hall–Kier alpha value is -1.04. The molecule has 0 spiro atoms. The van der Waals surface area contributed by atoms with Crippen molar-refractivity contribution in [3.8, 4) is 23.3 Å². The van der Waals surface area contributed by atoms with Gasteiger partial charge in [-0.1, -0.05) is 23.4 Å². The van der Waals surface area contributed by atoms with E-state index in [0.717, 1.165) is 18.4 Å². The Balaban J connectivity index is 2.99. The molecular weight excluding hydrogens is 259 g/mol. The van der Waals surface area contributed by atoms with Gasteiger partial charge in [0.05, 0.1) is 19.8 Å². The van der Waals surface area contributed by atoms with E-state index in [-0.39, 0.29) is 0 Å². The monoisotopic (exact) mass is 272 g/mol. The zero-order chi connectivity index (χ0) is 12.7. The molecule has 0 amide bonds. The molecule has 0 aliphatic rings. The van der Waals surface area contributed by atoms with Crippen LogP contribution in [0.4, 0.5) is 0 Å². The molecule has 92 valence electrons. The molecule has 0 N–H and O–H groups in total. The Labute approximate surface area is 112 Å². The molecule has 0 aromatic heterocycles. The fourth-order valence-corrected chi connectivity index (χ4v) is 1.76. The highest BCUT2D eigenvalue weighted by atomic mass is 35.5. The van der Waals surface area contributed by atoms with Gasteiger partial charge in [0.25, 0.3) is 0 Å². The molecule has 17 heavy (non-hydrogen) atoms. The van der Waals surface area contributed by atoms with Crippen molar-refractivity contribution in [1.29, 1.82) is 0 Å². The molecule has 1 aromatic carbocycles. The van der Waals surface area contributed by atoms with Crippen LogP contribution >= 0.6 is 23.2 Å². The van der Waals surface area contributed by atoms with E-state index < -0.39 is 0 Å². The minimum absolute atomic E-state index is 0.444. The highest BCUT2D eigenvalue weighted by Crippen LogP contribution is 2.36. The van der Waals surface area contributed by atoms with Gasteiger partial charge in [-0.2, -0.15) is 0 Å². The lowest BCUT2D eigenvalue weighted by Gasteiger charge is -2.09. The molecular formula is C13H14Cl2O2. The fourth-order valence-electron chi connectivity index (χ4n) is 1.31. The van der Waals surface area contributed by atoms with Gasteiger partial charge in [0.15, 0.2) is 5.75 Å². The van der Waals surface area contributed by atoms with Crippen LogP contribution in [0, 0.1) is 11.8 Å². The van der Waals surface area contributed by atoms with Crippen LogP contribution in [0.5, 0.6) is 11.5 Å². The highest BCUT2D eigenvalue weighted by molar-refractivity contribution is 6.33. The fraction of sp³-hybridized carbons (Fsp3) is 0.385. The Morgan fingerprint density at radius 2 is 2.00 bits per heavy atom. The molecule has 0 fully saturated rings. The summed E-state index contributed by atoms with van der Waals surface area (Å²) in [5.41, 5.74) is 0.757. The standard InChI is InChI=1S/C13H14Cl2O2/c1-16-11-8-7-10(6-4-3-5-9-14)13(17-2)12(11)15/h7-8H,3,5,9H2,1-2H3. The molecule has 2 nitrogen and oxygen atoms in total. The average molecular weight is 273 g/mol. The van der Waals surface area contributed by atoms with Crippen LogP contribution in [0.1, 0.15) is 18.4 Å². The summed E-state index contributed by atoms with van der Waals surface area (Å²) < 4.78 is 10.3. The Morgan fingerprint density at radius 1 is 1.24 bits per heavy atom. The molecule has 1 aromatic rings. The first kappa shape index (κ1) is 14.0. The molecule has 0 aliphatic heterocycles. The molecule has 0 heterocycles. The average Bonchev–Trinajstić information content (AvgIpc) is 2.35. The van der Waals surface area contributed by atoms with Crippen molar-refractivity contribution in [2.45, 2.75) is 12.8 Å². The summed E-state index contributed by atoms with van der Waals surface area (Å²) in [4.78, 5) is 0. The van der Waals surface area contributed by atoms with Gasteiger partial charge < -0.3 is 9.47 Å². The van der Waals surface area contributed by atoms with Crippen molar-refractivity contribution in [1.82, 2.24) is 0 Å². The highest BCUT2D eigenvalue weighted by Gasteiger charge is 2.11. The predicted molar refractivity (Wildman–Crippen MR) is 71.4 cm³/mol. The minimum atomic E-state index is 0.444. The second-order valence-corrected chi connectivity index (χ2v) is 4.01. The number of methoxy groups -OCH3 is 2. The second kappa shape index (κ2) is 7.32. The van der Waals surface area contributed by atoms with E-state index in [4.69, 9.17) is 32.7 Å². The molecule has 0 bridgehead atoms. The lowest BCUT2D eigenvalue weighted by atomic mass is 10.2. The maximum Gasteiger partial charge on any atom is 0.156 e. The van der Waals surface area contributed by atoms with E-state index in [1.165, 1.54) is 0 Å². The van der Waals surface area contributed by atoms with Gasteiger partial charge >= 0.3 is 0 Å². The molecule has 0 atom stereocenters. The summed E-state index contributed by atoms with van der Waals surface area (Å²) in [5, 5.41) is 0.444. The van der Waals surface area contributed by atoms with E-state index >= 15 is 0 Å². The van der Waals surface area contributed by atoms with Crippen molar-refractivity contribution in [3.05, 3.63) is 22.7 Å². The van der Waals surface area contributed by atoms with E-state index in [9.17, 15) is 0 Å². The number of benzene rings is 1. The van der Waals surface area contributed by atoms with Crippen molar-refractivity contribution in [3.63, 3.8) is 0 Å². The lowest BCUT2D eigenvalue weighted by Crippen LogP contribution is -1.92. The molecule has 0 aliphatic carbocycles. The Bertz CT molecular complexity index is 433. The SMILES string of the molecule is COc1ccc(C#CCCCCl)c(OC)c1Cl. The van der Waals surface area contributed by atoms with Crippen LogP contribution in [0.25, 0.3) is 0 Å². The zero-order valence-corrected chi connectivity index (χ0v) is 11.4. The van der Waals surface area contributed by atoms with Gasteiger partial charge in [0.2, 0.25) is 0 Å². The van der Waals surface area contributed by atoms with Crippen LogP contribution in [0.2, 0.25) is 5.02 Å². The van der Waals surface area contributed by atoms with E-state index in [1.54, 1.807) is 20.3 Å². The van der Waals surface area contributed by atoms with Crippen molar-refractivity contribution >= 4 is 23.2 Å². The third-order valence-corrected chi connectivity index (χ3v) is 2.77. The summed E-state index contributed by atoms with van der Waals surface area (Å²) >= 11 is 11.7. The first-order chi connectivity index (χ1) is 8.24. The number of ether oxygens (including phenoxy) is 2. The quantitative estimate of drug-likeness (QED) is 0.473. The van der Waals surface area contributed by atoms with Crippen LogP contribution in [0.3, 0.4) is 0 Å². The summed E-state index contributed by atoms with van der Waals surface area (Å²) in [5.74, 6) is 7.79. The number of unbranched alkanes of at least 4 members (excludes halogenated alkanes) is 1. The Morgan fingerprint density at radius 3 is 2.59 bits per heavy atom. The molecule has 0 unspecified atom stereocenters. The van der Waals surface area contributed by atoms with Gasteiger partial charge in [0.1, 0.15) is 10.8 Å². The van der Waals surface area contributed by atoms with Crippen LogP contribution in [-0.4, -0.2) is 20.1 Å². The number of halogens is 2. The summed E-state index contributed by atoms with van der Waals surface area (Å²) in [6, 6.07) is 3.60. The van der Waals surface area contributed by atoms with Gasteiger partial charge in [-0.3, -0.25) is 0 Å². The van der Waals surface area contributed by atoms with Crippen LogP contribution in [0.15, 0.2) is 12.1 Å². The summed E-state index contributed by atoms with van der Waals surface area (Å²) in [6.07, 6.45) is 1.64. The van der Waals surface area contributed by atoms with Gasteiger partial charge in [-0.05, 0) is 18.6 Å². The van der Waals surface area contributed by atoms with E-state index in [0.29, 0.717) is 22.4 Å². The van der Waals surface area contributed by atoms with E-state index in [1.807, 2.05) is 6.07 Å². The van der Waals surface area contributed by atoms with Gasteiger partial charge in [-0.25, -0.2) is 0 Å². The van der Waals surface area contributed by atoms with E-state index in [2.05, 4.69) is 11.8 Å². The van der Waals surface area contributed by atoms with Crippen molar-refractivity contribution in [2.75, 3.05) is 20.1 Å². The molecule has 0 saturated heterocycles. The number of hydrogen-bond acceptors (Lipinski definition) is 2. The lowest BCUT2D eigenvalue weighted by molar-refractivity contribution is 0.394. The smallest absolute Gasteiger partial charge is 0.156 e. The van der Waals surface area contributed by atoms with Crippen LogP contribution < -0.4 is 9.47 Å². The van der Waals surface area contributed by atoms with Gasteiger partial charge in [0, 0.05) is 12.3 Å². The maximum absolute atomic E-state index is 6.12. The predicted octanol–water partition coefficient (Wildman–Crippen LogP) is 3.73. The van der Waals surface area contributed by atoms with Crippen LogP contribution in [-0.2, 0) is 0 Å². The first-order valence-corrected chi connectivity index (χ1v) is 6.11. The first-order valence-electron chi connectivity index (χ1n) is 5.20. The Kier molecular flexibility index (Phi) is 6.04. The number of hydrogen-bond donors (Lipinski definition) is 0. The normalized spacial score (nSPS) is 9.41. The van der Waals surface area contributed by atoms with Crippen molar-refractivity contribution < 1.29 is 9.47 Å². The molecule has 4 heteroatoms. The number of alkyl halides is 1. The summed E-state index contributed by atoms with van der Waals surface area (Å²) in [7, 11) is 3.12. The second-order valence-electron chi connectivity index (χ2n) is 3.26. The largest absolute Gasteiger partial charge is 0.495 e. The molecule has 0 saturated carbocycles. The molecule has 1 rings (SSSR count).